The van der Waals surface area contributed by atoms with E-state index in [1.807, 2.05) is 0 Å². The molecule has 2 aromatic carbocycles. The van der Waals surface area contributed by atoms with Crippen molar-refractivity contribution in [2.75, 3.05) is 5.32 Å². The normalized spacial score (nSPS) is 10.7. The molecule has 0 spiro atoms. The number of carbonyl (C=O) groups excluding carboxylic acids is 1. The van der Waals surface area contributed by atoms with Crippen LogP contribution in [0, 0.1) is 0 Å². The van der Waals surface area contributed by atoms with Gasteiger partial charge in [0.1, 0.15) is 5.58 Å². The molecule has 0 aliphatic rings. The summed E-state index contributed by atoms with van der Waals surface area (Å²) in [7, 11) is 0. The van der Waals surface area contributed by atoms with Crippen LogP contribution in [0.3, 0.4) is 0 Å². The molecule has 0 unspecified atom stereocenters. The third kappa shape index (κ3) is 3.27. The smallest absolute Gasteiger partial charge is 0.291 e. The highest BCUT2D eigenvalue weighted by Gasteiger charge is 2.15. The highest BCUT2D eigenvalue weighted by molar-refractivity contribution is 9.10. The van der Waals surface area contributed by atoms with Gasteiger partial charge in [-0.1, -0.05) is 45.2 Å². The maximum absolute atomic E-state index is 12.3. The molecule has 116 valence electrons. The number of halogens is 3. The van der Waals surface area contributed by atoms with Gasteiger partial charge in [0.15, 0.2) is 11.2 Å². The van der Waals surface area contributed by atoms with E-state index in [1.54, 1.807) is 36.4 Å². The van der Waals surface area contributed by atoms with E-state index in [1.165, 1.54) is 0 Å². The topological polar surface area (TPSA) is 59.3 Å². The van der Waals surface area contributed by atoms with Gasteiger partial charge in [-0.05, 0) is 30.3 Å². The Morgan fingerprint density at radius 2 is 1.91 bits per heavy atom. The van der Waals surface area contributed by atoms with E-state index in [0.29, 0.717) is 21.7 Å². The summed E-state index contributed by atoms with van der Waals surface area (Å²) in [5.41, 5.74) is 0.348. The number of carbonyl (C=O) groups is 1. The first-order valence-electron chi connectivity index (χ1n) is 6.44. The zero-order chi connectivity index (χ0) is 16.6. The standard InChI is InChI=1S/C16H8BrCl2NO3/c17-8-4-5-13-9(6-8)12(21)7-14(23-13)16(22)20-11-3-1-2-10(18)15(11)19/h1-7H,(H,20,22). The van der Waals surface area contributed by atoms with Gasteiger partial charge in [-0.3, -0.25) is 9.59 Å². The van der Waals surface area contributed by atoms with E-state index in [0.717, 1.165) is 10.5 Å². The highest BCUT2D eigenvalue weighted by Crippen LogP contribution is 2.30. The molecule has 7 heteroatoms. The van der Waals surface area contributed by atoms with Gasteiger partial charge in [0, 0.05) is 10.5 Å². The van der Waals surface area contributed by atoms with Gasteiger partial charge in [-0.2, -0.15) is 0 Å². The molecule has 0 radical (unpaired) electrons. The van der Waals surface area contributed by atoms with Crippen LogP contribution in [-0.4, -0.2) is 5.91 Å². The summed E-state index contributed by atoms with van der Waals surface area (Å²) < 4.78 is 6.24. The first-order chi connectivity index (χ1) is 11.0. The van der Waals surface area contributed by atoms with Gasteiger partial charge in [-0.15, -0.1) is 0 Å². The number of benzene rings is 2. The van der Waals surface area contributed by atoms with Gasteiger partial charge < -0.3 is 9.73 Å². The van der Waals surface area contributed by atoms with Gasteiger partial charge in [0.2, 0.25) is 0 Å². The van der Waals surface area contributed by atoms with E-state index in [2.05, 4.69) is 21.2 Å². The van der Waals surface area contributed by atoms with Crippen molar-refractivity contribution >= 4 is 61.7 Å². The monoisotopic (exact) mass is 411 g/mol. The summed E-state index contributed by atoms with van der Waals surface area (Å²) >= 11 is 15.2. The maximum Gasteiger partial charge on any atom is 0.291 e. The summed E-state index contributed by atoms with van der Waals surface area (Å²) in [6.07, 6.45) is 0. The average Bonchev–Trinajstić information content (AvgIpc) is 2.52. The molecule has 3 aromatic rings. The molecule has 0 aliphatic carbocycles. The lowest BCUT2D eigenvalue weighted by Gasteiger charge is -2.08. The molecule has 0 atom stereocenters. The highest BCUT2D eigenvalue weighted by atomic mass is 79.9. The number of hydrogen-bond donors (Lipinski definition) is 1. The Labute approximate surface area is 149 Å². The molecule has 0 fully saturated rings. The zero-order valence-corrected chi connectivity index (χ0v) is 14.5. The quantitative estimate of drug-likeness (QED) is 0.635. The van der Waals surface area contributed by atoms with Crippen LogP contribution in [0.2, 0.25) is 10.0 Å². The average molecular weight is 413 g/mol. The summed E-state index contributed by atoms with van der Waals surface area (Å²) in [5, 5.41) is 3.49. The Bertz CT molecular complexity index is 985. The molecule has 1 amide bonds. The van der Waals surface area contributed by atoms with Gasteiger partial charge in [0.25, 0.3) is 5.91 Å². The summed E-state index contributed by atoms with van der Waals surface area (Å²) in [6, 6.07) is 11.0. The number of anilines is 1. The van der Waals surface area contributed by atoms with Crippen molar-refractivity contribution in [3.63, 3.8) is 0 Å². The van der Waals surface area contributed by atoms with Crippen LogP contribution in [-0.2, 0) is 0 Å². The number of fused-ring (bicyclic) bond motifs is 1. The molecule has 23 heavy (non-hydrogen) atoms. The molecular weight excluding hydrogens is 405 g/mol. The molecule has 1 heterocycles. The summed E-state index contributed by atoms with van der Waals surface area (Å²) in [6.45, 7) is 0. The summed E-state index contributed by atoms with van der Waals surface area (Å²) in [5.74, 6) is -0.697. The second kappa shape index (κ2) is 6.35. The maximum atomic E-state index is 12.3. The van der Waals surface area contributed by atoms with Crippen molar-refractivity contribution in [1.29, 1.82) is 0 Å². The number of hydrogen-bond acceptors (Lipinski definition) is 3. The van der Waals surface area contributed by atoms with Crippen molar-refractivity contribution < 1.29 is 9.21 Å². The first-order valence-corrected chi connectivity index (χ1v) is 7.99. The van der Waals surface area contributed by atoms with Crippen molar-refractivity contribution in [3.05, 3.63) is 73.0 Å². The molecule has 4 nitrogen and oxygen atoms in total. The third-order valence-corrected chi connectivity index (χ3v) is 4.42. The molecule has 1 aromatic heterocycles. The van der Waals surface area contributed by atoms with E-state index in [9.17, 15) is 9.59 Å². The van der Waals surface area contributed by atoms with Crippen LogP contribution < -0.4 is 10.7 Å². The van der Waals surface area contributed by atoms with Crippen LogP contribution in [0.15, 0.2) is 56.1 Å². The van der Waals surface area contributed by atoms with Crippen molar-refractivity contribution in [2.24, 2.45) is 0 Å². The number of nitrogens with one attached hydrogen (secondary N) is 1. The fraction of sp³-hybridized carbons (Fsp3) is 0. The second-order valence-corrected chi connectivity index (χ2v) is 6.37. The van der Waals surface area contributed by atoms with Crippen molar-refractivity contribution in [1.82, 2.24) is 0 Å². The minimum atomic E-state index is -0.587. The Morgan fingerprint density at radius 3 is 2.70 bits per heavy atom. The zero-order valence-electron chi connectivity index (χ0n) is 11.4. The SMILES string of the molecule is O=C(Nc1cccc(Cl)c1Cl)c1cc(=O)c2cc(Br)ccc2o1. The third-order valence-electron chi connectivity index (χ3n) is 3.11. The number of amides is 1. The fourth-order valence-electron chi connectivity index (χ4n) is 2.02. The Morgan fingerprint density at radius 1 is 1.13 bits per heavy atom. The van der Waals surface area contributed by atoms with Gasteiger partial charge in [0.05, 0.1) is 21.1 Å². The molecule has 1 N–H and O–H groups in total. The molecule has 0 bridgehead atoms. The van der Waals surface area contributed by atoms with Gasteiger partial charge >= 0.3 is 0 Å². The van der Waals surface area contributed by atoms with E-state index in [-0.39, 0.29) is 16.2 Å². The fourth-order valence-corrected chi connectivity index (χ4v) is 2.73. The van der Waals surface area contributed by atoms with E-state index in [4.69, 9.17) is 27.6 Å². The molecule has 0 saturated heterocycles. The molecular formula is C16H8BrCl2NO3. The number of rotatable bonds is 2. The molecule has 0 saturated carbocycles. The Hall–Kier alpha value is -1.82. The van der Waals surface area contributed by atoms with Crippen LogP contribution in [0.1, 0.15) is 10.6 Å². The first kappa shape index (κ1) is 16.1. The van der Waals surface area contributed by atoms with Crippen LogP contribution in [0.4, 0.5) is 5.69 Å². The lowest BCUT2D eigenvalue weighted by Crippen LogP contribution is -2.15. The Kier molecular flexibility index (Phi) is 4.43. The Balaban J connectivity index is 2.00. The van der Waals surface area contributed by atoms with Crippen molar-refractivity contribution in [3.8, 4) is 0 Å². The van der Waals surface area contributed by atoms with Crippen LogP contribution in [0.25, 0.3) is 11.0 Å². The van der Waals surface area contributed by atoms with Crippen molar-refractivity contribution in [2.45, 2.75) is 0 Å². The largest absolute Gasteiger partial charge is 0.451 e. The lowest BCUT2D eigenvalue weighted by atomic mass is 10.2. The minimum Gasteiger partial charge on any atom is -0.451 e. The minimum absolute atomic E-state index is 0.110. The molecule has 0 aliphatic heterocycles. The lowest BCUT2D eigenvalue weighted by molar-refractivity contribution is 0.0997. The van der Waals surface area contributed by atoms with Crippen LogP contribution in [0.5, 0.6) is 0 Å². The predicted octanol–water partition coefficient (Wildman–Crippen LogP) is 5.11. The van der Waals surface area contributed by atoms with E-state index < -0.39 is 5.91 Å². The second-order valence-electron chi connectivity index (χ2n) is 4.67. The predicted molar refractivity (Wildman–Crippen MR) is 94.6 cm³/mol. The van der Waals surface area contributed by atoms with E-state index >= 15 is 0 Å². The van der Waals surface area contributed by atoms with Gasteiger partial charge in [-0.25, -0.2) is 0 Å². The molecule has 3 rings (SSSR count). The van der Waals surface area contributed by atoms with Crippen LogP contribution >= 0.6 is 39.1 Å². The summed E-state index contributed by atoms with van der Waals surface area (Å²) in [4.78, 5) is 24.4.